The van der Waals surface area contributed by atoms with Crippen molar-refractivity contribution in [2.24, 2.45) is 5.10 Å². The number of amides is 1. The van der Waals surface area contributed by atoms with Gasteiger partial charge in [-0.25, -0.2) is 5.43 Å². The molecule has 24 heavy (non-hydrogen) atoms. The quantitative estimate of drug-likeness (QED) is 0.621. The van der Waals surface area contributed by atoms with E-state index in [-0.39, 0.29) is 5.91 Å². The summed E-state index contributed by atoms with van der Waals surface area (Å²) < 4.78 is 11.4. The Morgan fingerprint density at radius 3 is 2.50 bits per heavy atom. The maximum atomic E-state index is 12.2. The summed E-state index contributed by atoms with van der Waals surface area (Å²) in [5.74, 6) is 1.04. The molecule has 0 unspecified atom stereocenters. The third-order valence-electron chi connectivity index (χ3n) is 3.56. The van der Waals surface area contributed by atoms with Crippen molar-refractivity contribution < 1.29 is 14.3 Å². The number of nitrogens with zero attached hydrogens (tertiary/aromatic N) is 1. The Morgan fingerprint density at radius 2 is 1.88 bits per heavy atom. The lowest BCUT2D eigenvalue weighted by Crippen LogP contribution is -2.19. The third-order valence-corrected chi connectivity index (χ3v) is 4.41. The Labute approximate surface area is 149 Å². The fraction of sp³-hybridized carbons (Fsp3) is 0.222. The van der Waals surface area contributed by atoms with Gasteiger partial charge in [0.1, 0.15) is 11.5 Å². The second kappa shape index (κ2) is 7.97. The summed E-state index contributed by atoms with van der Waals surface area (Å²) in [5.41, 5.74) is 5.58. The predicted octanol–water partition coefficient (Wildman–Crippen LogP) is 3.93. The fourth-order valence-electron chi connectivity index (χ4n) is 2.09. The highest BCUT2D eigenvalue weighted by Gasteiger charge is 2.10. The molecule has 0 aliphatic carbocycles. The van der Waals surface area contributed by atoms with Crippen LogP contribution in [0, 0.1) is 6.92 Å². The molecule has 0 fully saturated rings. The number of hydrogen-bond acceptors (Lipinski definition) is 4. The molecule has 0 saturated heterocycles. The molecular weight excluding hydrogens is 372 g/mol. The molecular formula is C18H19BrN2O3. The van der Waals surface area contributed by atoms with Crippen molar-refractivity contribution in [1.82, 2.24) is 5.43 Å². The molecule has 0 aliphatic rings. The van der Waals surface area contributed by atoms with Crippen LogP contribution in [0.3, 0.4) is 0 Å². The number of methoxy groups -OCH3 is 2. The van der Waals surface area contributed by atoms with E-state index in [0.717, 1.165) is 15.6 Å². The average molecular weight is 391 g/mol. The fourth-order valence-corrected chi connectivity index (χ4v) is 2.47. The van der Waals surface area contributed by atoms with Gasteiger partial charge in [0, 0.05) is 21.7 Å². The molecule has 2 aromatic rings. The highest BCUT2D eigenvalue weighted by Crippen LogP contribution is 2.25. The zero-order valence-electron chi connectivity index (χ0n) is 14.0. The first-order chi connectivity index (χ1) is 11.5. The van der Waals surface area contributed by atoms with Crippen molar-refractivity contribution in [3.05, 3.63) is 57.6 Å². The zero-order valence-corrected chi connectivity index (χ0v) is 15.6. The van der Waals surface area contributed by atoms with E-state index in [1.54, 1.807) is 39.3 Å². The molecule has 0 saturated carbocycles. The molecule has 2 rings (SSSR count). The lowest BCUT2D eigenvalue weighted by molar-refractivity contribution is 0.0954. The number of halogens is 1. The summed E-state index contributed by atoms with van der Waals surface area (Å²) >= 11 is 3.42. The molecule has 0 bridgehead atoms. The van der Waals surface area contributed by atoms with E-state index in [2.05, 4.69) is 26.5 Å². The van der Waals surface area contributed by atoms with Gasteiger partial charge in [0.05, 0.1) is 19.9 Å². The highest BCUT2D eigenvalue weighted by molar-refractivity contribution is 9.10. The van der Waals surface area contributed by atoms with E-state index in [1.807, 2.05) is 25.1 Å². The molecule has 0 atom stereocenters. The van der Waals surface area contributed by atoms with Gasteiger partial charge in [-0.3, -0.25) is 4.79 Å². The Morgan fingerprint density at radius 1 is 1.12 bits per heavy atom. The van der Waals surface area contributed by atoms with Crippen molar-refractivity contribution in [2.75, 3.05) is 14.2 Å². The molecule has 5 nitrogen and oxygen atoms in total. The minimum atomic E-state index is -0.275. The van der Waals surface area contributed by atoms with E-state index in [9.17, 15) is 4.79 Å². The Hall–Kier alpha value is -2.34. The van der Waals surface area contributed by atoms with E-state index in [4.69, 9.17) is 9.47 Å². The standard InChI is InChI=1S/C18H19BrN2O3/c1-11-5-6-13(9-16(11)19)18(22)21-20-12(2)15-8-7-14(23-3)10-17(15)24-4/h5-10H,1-4H3,(H,21,22)/b20-12+. The molecule has 126 valence electrons. The van der Waals surface area contributed by atoms with Crippen molar-refractivity contribution in [2.45, 2.75) is 13.8 Å². The van der Waals surface area contributed by atoms with Crippen LogP contribution in [0.15, 0.2) is 46.0 Å². The van der Waals surface area contributed by atoms with Crippen molar-refractivity contribution in [3.63, 3.8) is 0 Å². The van der Waals surface area contributed by atoms with Gasteiger partial charge in [-0.05, 0) is 43.7 Å². The number of hydrogen-bond donors (Lipinski definition) is 1. The van der Waals surface area contributed by atoms with Crippen molar-refractivity contribution in [1.29, 1.82) is 0 Å². The van der Waals surface area contributed by atoms with Gasteiger partial charge >= 0.3 is 0 Å². The van der Waals surface area contributed by atoms with Crippen LogP contribution >= 0.6 is 15.9 Å². The topological polar surface area (TPSA) is 59.9 Å². The second-order valence-corrected chi connectivity index (χ2v) is 6.02. The van der Waals surface area contributed by atoms with Crippen LogP contribution in [0.2, 0.25) is 0 Å². The predicted molar refractivity (Wildman–Crippen MR) is 98.1 cm³/mol. The molecule has 6 heteroatoms. The van der Waals surface area contributed by atoms with Gasteiger partial charge in [0.2, 0.25) is 0 Å². The normalized spacial score (nSPS) is 11.1. The number of ether oxygens (including phenoxy) is 2. The van der Waals surface area contributed by atoms with Crippen molar-refractivity contribution in [3.8, 4) is 11.5 Å². The lowest BCUT2D eigenvalue weighted by atomic mass is 10.1. The molecule has 0 spiro atoms. The number of carbonyl (C=O) groups is 1. The summed E-state index contributed by atoms with van der Waals surface area (Å²) in [6, 6.07) is 10.8. The van der Waals surface area contributed by atoms with Crippen LogP contribution in [0.4, 0.5) is 0 Å². The first kappa shape index (κ1) is 18.0. The van der Waals surface area contributed by atoms with E-state index < -0.39 is 0 Å². The van der Waals surface area contributed by atoms with E-state index in [0.29, 0.717) is 22.8 Å². The van der Waals surface area contributed by atoms with Gasteiger partial charge in [0.15, 0.2) is 0 Å². The maximum Gasteiger partial charge on any atom is 0.271 e. The largest absolute Gasteiger partial charge is 0.497 e. The minimum Gasteiger partial charge on any atom is -0.497 e. The monoisotopic (exact) mass is 390 g/mol. The SMILES string of the molecule is COc1ccc(/C(C)=N/NC(=O)c2ccc(C)c(Br)c2)c(OC)c1. The molecule has 0 aromatic heterocycles. The van der Waals surface area contributed by atoms with Crippen molar-refractivity contribution >= 4 is 27.5 Å². The van der Waals surface area contributed by atoms with Gasteiger partial charge in [-0.2, -0.15) is 5.10 Å². The Balaban J connectivity index is 2.19. The number of benzene rings is 2. The third kappa shape index (κ3) is 4.14. The van der Waals surface area contributed by atoms with Crippen LogP contribution in [-0.2, 0) is 0 Å². The number of carbonyl (C=O) groups excluding carboxylic acids is 1. The number of rotatable bonds is 5. The van der Waals surface area contributed by atoms with Crippen LogP contribution in [-0.4, -0.2) is 25.8 Å². The van der Waals surface area contributed by atoms with Crippen LogP contribution in [0.1, 0.15) is 28.4 Å². The zero-order chi connectivity index (χ0) is 17.7. The molecule has 0 aliphatic heterocycles. The van der Waals surface area contributed by atoms with Crippen LogP contribution in [0.5, 0.6) is 11.5 Å². The summed E-state index contributed by atoms with van der Waals surface area (Å²) in [5, 5.41) is 4.17. The summed E-state index contributed by atoms with van der Waals surface area (Å²) in [6.45, 7) is 3.76. The number of nitrogens with one attached hydrogen (secondary N) is 1. The first-order valence-corrected chi connectivity index (χ1v) is 8.08. The number of hydrazone groups is 1. The van der Waals surface area contributed by atoms with Crippen LogP contribution in [0.25, 0.3) is 0 Å². The van der Waals surface area contributed by atoms with E-state index in [1.165, 1.54) is 0 Å². The molecule has 2 aromatic carbocycles. The second-order valence-electron chi connectivity index (χ2n) is 5.17. The molecule has 0 radical (unpaired) electrons. The summed E-state index contributed by atoms with van der Waals surface area (Å²) in [7, 11) is 3.17. The van der Waals surface area contributed by atoms with E-state index >= 15 is 0 Å². The molecule has 0 heterocycles. The summed E-state index contributed by atoms with van der Waals surface area (Å²) in [4.78, 5) is 12.2. The van der Waals surface area contributed by atoms with Gasteiger partial charge < -0.3 is 9.47 Å². The lowest BCUT2D eigenvalue weighted by Gasteiger charge is -2.10. The maximum absolute atomic E-state index is 12.2. The average Bonchev–Trinajstić information content (AvgIpc) is 2.60. The highest BCUT2D eigenvalue weighted by atomic mass is 79.9. The Bertz CT molecular complexity index is 788. The Kier molecular flexibility index (Phi) is 5.98. The van der Waals surface area contributed by atoms with Crippen LogP contribution < -0.4 is 14.9 Å². The van der Waals surface area contributed by atoms with Gasteiger partial charge in [0.25, 0.3) is 5.91 Å². The number of aryl methyl sites for hydroxylation is 1. The first-order valence-electron chi connectivity index (χ1n) is 7.29. The smallest absolute Gasteiger partial charge is 0.271 e. The summed E-state index contributed by atoms with van der Waals surface area (Å²) in [6.07, 6.45) is 0. The van der Waals surface area contributed by atoms with Gasteiger partial charge in [-0.15, -0.1) is 0 Å². The molecule has 1 N–H and O–H groups in total. The minimum absolute atomic E-state index is 0.275. The van der Waals surface area contributed by atoms with Gasteiger partial charge in [-0.1, -0.05) is 22.0 Å². The molecule has 1 amide bonds.